The summed E-state index contributed by atoms with van der Waals surface area (Å²) in [5, 5.41) is 0. The van der Waals surface area contributed by atoms with Crippen molar-refractivity contribution >= 4 is 5.78 Å². The van der Waals surface area contributed by atoms with Gasteiger partial charge in [-0.25, -0.2) is 0 Å². The third-order valence-electron chi connectivity index (χ3n) is 4.26. The first-order valence-corrected chi connectivity index (χ1v) is 7.46. The second kappa shape index (κ2) is 5.72. The predicted octanol–water partition coefficient (Wildman–Crippen LogP) is 3.92. The third kappa shape index (κ3) is 2.85. The van der Waals surface area contributed by atoms with Crippen LogP contribution in [-0.2, 0) is 19.3 Å². The van der Waals surface area contributed by atoms with E-state index in [1.165, 1.54) is 24.0 Å². The van der Waals surface area contributed by atoms with Gasteiger partial charge in [-0.2, -0.15) is 0 Å². The van der Waals surface area contributed by atoms with Gasteiger partial charge >= 0.3 is 0 Å². The smallest absolute Gasteiger partial charge is 0.167 e. The molecular formula is C19H20O2. The van der Waals surface area contributed by atoms with E-state index in [1.54, 1.807) is 7.11 Å². The van der Waals surface area contributed by atoms with Gasteiger partial charge in [0.1, 0.15) is 5.75 Å². The molecular weight excluding hydrogens is 260 g/mol. The quantitative estimate of drug-likeness (QED) is 0.793. The summed E-state index contributed by atoms with van der Waals surface area (Å²) >= 11 is 0. The molecule has 2 aromatic rings. The monoisotopic (exact) mass is 280 g/mol. The first kappa shape index (κ1) is 13.9. The van der Waals surface area contributed by atoms with Crippen LogP contribution in [0, 0.1) is 6.92 Å². The first-order chi connectivity index (χ1) is 10.2. The second-order valence-electron chi connectivity index (χ2n) is 5.74. The lowest BCUT2D eigenvalue weighted by Crippen LogP contribution is -2.05. The minimum atomic E-state index is 0.145. The SMILES string of the molecule is COc1cc(C(=O)Cc2ccc3c(c2)CCC3)ccc1C. The van der Waals surface area contributed by atoms with E-state index in [0.717, 1.165) is 28.9 Å². The standard InChI is InChI=1S/C19H20O2/c1-13-6-8-17(12-19(13)21-2)18(20)11-14-7-9-15-4-3-5-16(15)10-14/h6-10,12H,3-5,11H2,1-2H3. The number of Topliss-reactive ketones (excluding diaryl/α,β-unsaturated/α-hetero) is 1. The van der Waals surface area contributed by atoms with Crippen LogP contribution < -0.4 is 4.74 Å². The van der Waals surface area contributed by atoms with Crippen LogP contribution in [0.5, 0.6) is 5.75 Å². The molecule has 2 nitrogen and oxygen atoms in total. The molecule has 0 aromatic heterocycles. The molecule has 0 amide bonds. The maximum atomic E-state index is 12.4. The van der Waals surface area contributed by atoms with E-state index in [0.29, 0.717) is 6.42 Å². The summed E-state index contributed by atoms with van der Waals surface area (Å²) in [5.74, 6) is 0.918. The maximum absolute atomic E-state index is 12.4. The fourth-order valence-electron chi connectivity index (χ4n) is 3.02. The molecule has 1 aliphatic carbocycles. The van der Waals surface area contributed by atoms with Gasteiger partial charge in [0, 0.05) is 12.0 Å². The average molecular weight is 280 g/mol. The Hall–Kier alpha value is -2.09. The Balaban J connectivity index is 1.80. The molecule has 0 radical (unpaired) electrons. The lowest BCUT2D eigenvalue weighted by molar-refractivity contribution is 0.0992. The van der Waals surface area contributed by atoms with Gasteiger partial charge < -0.3 is 4.74 Å². The molecule has 0 heterocycles. The highest BCUT2D eigenvalue weighted by molar-refractivity contribution is 5.98. The van der Waals surface area contributed by atoms with Crippen LogP contribution in [0.15, 0.2) is 36.4 Å². The van der Waals surface area contributed by atoms with E-state index in [1.807, 2.05) is 25.1 Å². The number of aryl methyl sites for hydroxylation is 3. The Morgan fingerprint density at radius 1 is 1.10 bits per heavy atom. The molecule has 2 heteroatoms. The molecule has 0 atom stereocenters. The molecule has 0 aliphatic heterocycles. The highest BCUT2D eigenvalue weighted by atomic mass is 16.5. The fourth-order valence-corrected chi connectivity index (χ4v) is 3.02. The normalized spacial score (nSPS) is 13.0. The summed E-state index contributed by atoms with van der Waals surface area (Å²) in [7, 11) is 1.64. The van der Waals surface area contributed by atoms with Gasteiger partial charge in [-0.3, -0.25) is 4.79 Å². The molecule has 0 saturated heterocycles. The Kier molecular flexibility index (Phi) is 3.78. The third-order valence-corrected chi connectivity index (χ3v) is 4.26. The van der Waals surface area contributed by atoms with E-state index in [2.05, 4.69) is 18.2 Å². The topological polar surface area (TPSA) is 26.3 Å². The molecule has 2 aromatic carbocycles. The highest BCUT2D eigenvalue weighted by Crippen LogP contribution is 2.24. The van der Waals surface area contributed by atoms with Crippen LogP contribution in [0.1, 0.15) is 39.0 Å². The van der Waals surface area contributed by atoms with E-state index >= 15 is 0 Å². The van der Waals surface area contributed by atoms with Crippen molar-refractivity contribution in [3.63, 3.8) is 0 Å². The number of ether oxygens (including phenoxy) is 1. The van der Waals surface area contributed by atoms with Crippen molar-refractivity contribution in [2.75, 3.05) is 7.11 Å². The zero-order valence-electron chi connectivity index (χ0n) is 12.6. The summed E-state index contributed by atoms with van der Waals surface area (Å²) in [6.45, 7) is 1.98. The van der Waals surface area contributed by atoms with Crippen molar-refractivity contribution in [3.05, 3.63) is 64.2 Å². The lowest BCUT2D eigenvalue weighted by Gasteiger charge is -2.08. The van der Waals surface area contributed by atoms with Gasteiger partial charge in [0.2, 0.25) is 0 Å². The number of hydrogen-bond donors (Lipinski definition) is 0. The van der Waals surface area contributed by atoms with Crippen LogP contribution >= 0.6 is 0 Å². The number of fused-ring (bicyclic) bond motifs is 1. The minimum absolute atomic E-state index is 0.145. The molecule has 1 aliphatic rings. The van der Waals surface area contributed by atoms with Gasteiger partial charge in [0.05, 0.1) is 7.11 Å². The van der Waals surface area contributed by atoms with Crippen LogP contribution in [-0.4, -0.2) is 12.9 Å². The lowest BCUT2D eigenvalue weighted by atomic mass is 9.99. The number of hydrogen-bond acceptors (Lipinski definition) is 2. The molecule has 0 N–H and O–H groups in total. The molecule has 21 heavy (non-hydrogen) atoms. The number of ketones is 1. The van der Waals surface area contributed by atoms with Crippen LogP contribution in [0.3, 0.4) is 0 Å². The molecule has 0 bridgehead atoms. The van der Waals surface area contributed by atoms with E-state index in [-0.39, 0.29) is 5.78 Å². The summed E-state index contributed by atoms with van der Waals surface area (Å²) in [5.41, 5.74) is 5.75. The van der Waals surface area contributed by atoms with Crippen LogP contribution in [0.4, 0.5) is 0 Å². The van der Waals surface area contributed by atoms with Crippen molar-refractivity contribution in [3.8, 4) is 5.75 Å². The van der Waals surface area contributed by atoms with Crippen molar-refractivity contribution in [1.29, 1.82) is 0 Å². The molecule has 3 rings (SSSR count). The Morgan fingerprint density at radius 3 is 2.71 bits per heavy atom. The van der Waals surface area contributed by atoms with Crippen molar-refractivity contribution in [1.82, 2.24) is 0 Å². The molecule has 108 valence electrons. The zero-order chi connectivity index (χ0) is 14.8. The zero-order valence-corrected chi connectivity index (χ0v) is 12.6. The summed E-state index contributed by atoms with van der Waals surface area (Å²) in [6.07, 6.45) is 4.02. The first-order valence-electron chi connectivity index (χ1n) is 7.46. The number of carbonyl (C=O) groups is 1. The highest BCUT2D eigenvalue weighted by Gasteiger charge is 2.14. The van der Waals surface area contributed by atoms with Crippen molar-refractivity contribution in [2.45, 2.75) is 32.6 Å². The predicted molar refractivity (Wildman–Crippen MR) is 84.2 cm³/mol. The maximum Gasteiger partial charge on any atom is 0.167 e. The van der Waals surface area contributed by atoms with Gasteiger partial charge in [-0.15, -0.1) is 0 Å². The molecule has 0 unspecified atom stereocenters. The summed E-state index contributed by atoms with van der Waals surface area (Å²) < 4.78 is 5.29. The van der Waals surface area contributed by atoms with E-state index in [4.69, 9.17) is 4.74 Å². The number of carbonyl (C=O) groups excluding carboxylic acids is 1. The van der Waals surface area contributed by atoms with E-state index in [9.17, 15) is 4.79 Å². The van der Waals surface area contributed by atoms with Crippen molar-refractivity contribution in [2.24, 2.45) is 0 Å². The largest absolute Gasteiger partial charge is 0.496 e. The number of rotatable bonds is 4. The minimum Gasteiger partial charge on any atom is -0.496 e. The Labute approximate surface area is 125 Å². The summed E-state index contributed by atoms with van der Waals surface area (Å²) in [6, 6.07) is 12.1. The van der Waals surface area contributed by atoms with Crippen LogP contribution in [0.2, 0.25) is 0 Å². The Morgan fingerprint density at radius 2 is 1.90 bits per heavy atom. The van der Waals surface area contributed by atoms with Gasteiger partial charge in [-0.05, 0) is 54.5 Å². The second-order valence-corrected chi connectivity index (χ2v) is 5.74. The van der Waals surface area contributed by atoms with Gasteiger partial charge in [0.15, 0.2) is 5.78 Å². The van der Waals surface area contributed by atoms with Crippen molar-refractivity contribution < 1.29 is 9.53 Å². The fraction of sp³-hybridized carbons (Fsp3) is 0.316. The number of methoxy groups -OCH3 is 1. The average Bonchev–Trinajstić information content (AvgIpc) is 2.95. The molecule has 0 saturated carbocycles. The molecule has 0 fully saturated rings. The van der Waals surface area contributed by atoms with E-state index < -0.39 is 0 Å². The Bertz CT molecular complexity index is 686. The van der Waals surface area contributed by atoms with Gasteiger partial charge in [-0.1, -0.05) is 30.3 Å². The van der Waals surface area contributed by atoms with Gasteiger partial charge in [0.25, 0.3) is 0 Å². The number of benzene rings is 2. The molecule has 0 spiro atoms. The van der Waals surface area contributed by atoms with Crippen LogP contribution in [0.25, 0.3) is 0 Å². The summed E-state index contributed by atoms with van der Waals surface area (Å²) in [4.78, 5) is 12.4.